The fourth-order valence-corrected chi connectivity index (χ4v) is 1.67. The smallest absolute Gasteiger partial charge is 0.252 e. The van der Waals surface area contributed by atoms with Crippen molar-refractivity contribution in [3.05, 3.63) is 30.1 Å². The monoisotopic (exact) mass is 247 g/mol. The molecule has 0 unspecified atom stereocenters. The van der Waals surface area contributed by atoms with Crippen LogP contribution in [0.2, 0.25) is 0 Å². The lowest BCUT2D eigenvalue weighted by molar-refractivity contribution is 0.0954. The molecule has 1 aliphatic rings. The molecule has 0 atom stereocenters. The molecule has 1 amide bonds. The maximum absolute atomic E-state index is 11.7. The molecule has 0 saturated heterocycles. The predicted molar refractivity (Wildman–Crippen MR) is 69.5 cm³/mol. The number of aromatic nitrogens is 1. The lowest BCUT2D eigenvalue weighted by Crippen LogP contribution is -2.40. The van der Waals surface area contributed by atoms with Crippen LogP contribution in [0, 0.1) is 0 Å². The van der Waals surface area contributed by atoms with Crippen LogP contribution >= 0.6 is 0 Å². The Labute approximate surface area is 106 Å². The quantitative estimate of drug-likeness (QED) is 0.717. The summed E-state index contributed by atoms with van der Waals surface area (Å²) in [6.07, 6.45) is 3.20. The maximum Gasteiger partial charge on any atom is 0.252 e. The molecule has 0 radical (unpaired) electrons. The first kappa shape index (κ1) is 12.3. The molecule has 1 aromatic rings. The van der Waals surface area contributed by atoms with Crippen molar-refractivity contribution in [2.45, 2.75) is 0 Å². The van der Waals surface area contributed by atoms with Crippen molar-refractivity contribution < 1.29 is 4.79 Å². The lowest BCUT2D eigenvalue weighted by Gasteiger charge is -2.15. The molecule has 2 N–H and O–H groups in total. The minimum atomic E-state index is -0.105. The number of carbonyl (C=O) groups is 1. The van der Waals surface area contributed by atoms with Crippen molar-refractivity contribution in [3.63, 3.8) is 0 Å². The molecule has 2 heterocycles. The number of pyridine rings is 1. The van der Waals surface area contributed by atoms with Crippen LogP contribution in [0.4, 0.5) is 0 Å². The van der Waals surface area contributed by atoms with Crippen molar-refractivity contribution in [1.29, 1.82) is 0 Å². The molecule has 0 bridgehead atoms. The number of hydrogen-bond donors (Lipinski definition) is 2. The van der Waals surface area contributed by atoms with E-state index in [-0.39, 0.29) is 5.91 Å². The van der Waals surface area contributed by atoms with E-state index in [0.29, 0.717) is 18.7 Å². The van der Waals surface area contributed by atoms with E-state index >= 15 is 0 Å². The summed E-state index contributed by atoms with van der Waals surface area (Å²) >= 11 is 0. The highest BCUT2D eigenvalue weighted by Gasteiger charge is 2.11. The number of nitrogens with zero attached hydrogens (tertiary/aromatic N) is 3. The third-order valence-electron chi connectivity index (χ3n) is 2.68. The van der Waals surface area contributed by atoms with Gasteiger partial charge in [-0.2, -0.15) is 0 Å². The molecule has 0 aromatic carbocycles. The average Bonchev–Trinajstić information content (AvgIpc) is 2.81. The van der Waals surface area contributed by atoms with Crippen LogP contribution in [0.3, 0.4) is 0 Å². The fraction of sp³-hybridized carbons (Fsp3) is 0.417. The van der Waals surface area contributed by atoms with Gasteiger partial charge in [0.25, 0.3) is 5.91 Å². The summed E-state index contributed by atoms with van der Waals surface area (Å²) in [5.41, 5.74) is 0.577. The highest BCUT2D eigenvalue weighted by molar-refractivity contribution is 5.93. The van der Waals surface area contributed by atoms with Gasteiger partial charge in [-0.1, -0.05) is 0 Å². The van der Waals surface area contributed by atoms with Gasteiger partial charge in [-0.15, -0.1) is 0 Å². The number of hydrogen-bond acceptors (Lipinski definition) is 5. The van der Waals surface area contributed by atoms with Crippen LogP contribution in [0.1, 0.15) is 10.4 Å². The summed E-state index contributed by atoms with van der Waals surface area (Å²) in [4.78, 5) is 21.9. The molecule has 1 aromatic heterocycles. The minimum absolute atomic E-state index is 0.105. The SMILES string of the molecule is CN1CCN=C1NCCNC(=O)c1cccnc1. The third kappa shape index (κ3) is 3.19. The second-order valence-corrected chi connectivity index (χ2v) is 4.05. The number of likely N-dealkylation sites (N-methyl/N-ethyl adjacent to an activating group) is 1. The largest absolute Gasteiger partial charge is 0.354 e. The van der Waals surface area contributed by atoms with Gasteiger partial charge in [0.1, 0.15) is 0 Å². The second kappa shape index (κ2) is 6.00. The topological polar surface area (TPSA) is 69.6 Å². The van der Waals surface area contributed by atoms with E-state index in [1.165, 1.54) is 0 Å². The molecule has 2 rings (SSSR count). The number of rotatable bonds is 4. The molecule has 0 saturated carbocycles. The summed E-state index contributed by atoms with van der Waals surface area (Å²) in [5.74, 6) is 0.789. The Kier molecular flexibility index (Phi) is 4.11. The van der Waals surface area contributed by atoms with Crippen molar-refractivity contribution >= 4 is 11.9 Å². The number of amides is 1. The molecule has 96 valence electrons. The summed E-state index contributed by atoms with van der Waals surface area (Å²) in [6.45, 7) is 3.00. The summed E-state index contributed by atoms with van der Waals surface area (Å²) in [5, 5.41) is 6.01. The van der Waals surface area contributed by atoms with Crippen LogP contribution in [-0.2, 0) is 0 Å². The molecule has 6 nitrogen and oxygen atoms in total. The van der Waals surface area contributed by atoms with Crippen molar-refractivity contribution in [1.82, 2.24) is 20.5 Å². The normalized spacial score (nSPS) is 14.3. The summed E-state index contributed by atoms with van der Waals surface area (Å²) < 4.78 is 0. The van der Waals surface area contributed by atoms with Crippen LogP contribution in [0.15, 0.2) is 29.5 Å². The van der Waals surface area contributed by atoms with Gasteiger partial charge in [-0.05, 0) is 12.1 Å². The zero-order chi connectivity index (χ0) is 12.8. The minimum Gasteiger partial charge on any atom is -0.354 e. The Hall–Kier alpha value is -2.11. The first-order chi connectivity index (χ1) is 8.77. The van der Waals surface area contributed by atoms with Gasteiger partial charge in [0.2, 0.25) is 0 Å². The predicted octanol–water partition coefficient (Wildman–Crippen LogP) is -0.298. The van der Waals surface area contributed by atoms with Crippen LogP contribution in [0.5, 0.6) is 0 Å². The van der Waals surface area contributed by atoms with E-state index in [1.807, 2.05) is 7.05 Å². The fourth-order valence-electron chi connectivity index (χ4n) is 1.67. The summed E-state index contributed by atoms with van der Waals surface area (Å²) in [6, 6.07) is 3.49. The van der Waals surface area contributed by atoms with Crippen molar-refractivity contribution in [2.75, 3.05) is 33.2 Å². The standard InChI is InChI=1S/C12H17N5O/c1-17-8-7-16-12(17)15-6-5-14-11(18)10-3-2-4-13-9-10/h2-4,9H,5-8H2,1H3,(H,14,18)(H,15,16). The van der Waals surface area contributed by atoms with Gasteiger partial charge >= 0.3 is 0 Å². The van der Waals surface area contributed by atoms with E-state index in [9.17, 15) is 4.79 Å². The number of nitrogens with one attached hydrogen (secondary N) is 2. The molecular formula is C12H17N5O. The second-order valence-electron chi connectivity index (χ2n) is 4.05. The van der Waals surface area contributed by atoms with Gasteiger partial charge < -0.3 is 15.5 Å². The Morgan fingerprint density at radius 1 is 1.50 bits per heavy atom. The molecule has 6 heteroatoms. The van der Waals surface area contributed by atoms with Crippen LogP contribution < -0.4 is 10.6 Å². The van der Waals surface area contributed by atoms with E-state index in [4.69, 9.17) is 0 Å². The Balaban J connectivity index is 1.68. The number of carbonyl (C=O) groups excluding carboxylic acids is 1. The Morgan fingerprint density at radius 2 is 2.39 bits per heavy atom. The number of aliphatic imine (C=N–C) groups is 1. The van der Waals surface area contributed by atoms with Gasteiger partial charge in [-0.25, -0.2) is 0 Å². The van der Waals surface area contributed by atoms with E-state index in [2.05, 4.69) is 25.5 Å². The third-order valence-corrected chi connectivity index (χ3v) is 2.68. The lowest BCUT2D eigenvalue weighted by atomic mass is 10.3. The highest BCUT2D eigenvalue weighted by atomic mass is 16.1. The van der Waals surface area contributed by atoms with Crippen LogP contribution in [0.25, 0.3) is 0 Å². The molecule has 1 aliphatic heterocycles. The Bertz CT molecular complexity index is 431. The molecular weight excluding hydrogens is 230 g/mol. The van der Waals surface area contributed by atoms with Crippen molar-refractivity contribution in [3.8, 4) is 0 Å². The van der Waals surface area contributed by atoms with Crippen LogP contribution in [-0.4, -0.2) is 55.0 Å². The maximum atomic E-state index is 11.7. The van der Waals surface area contributed by atoms with Crippen molar-refractivity contribution in [2.24, 2.45) is 4.99 Å². The van der Waals surface area contributed by atoms with Gasteiger partial charge in [0.05, 0.1) is 12.1 Å². The van der Waals surface area contributed by atoms with Gasteiger partial charge in [0.15, 0.2) is 5.96 Å². The van der Waals surface area contributed by atoms with E-state index in [0.717, 1.165) is 19.0 Å². The molecule has 18 heavy (non-hydrogen) atoms. The van der Waals surface area contributed by atoms with E-state index in [1.54, 1.807) is 24.5 Å². The number of guanidine groups is 1. The summed E-state index contributed by atoms with van der Waals surface area (Å²) in [7, 11) is 1.99. The first-order valence-electron chi connectivity index (χ1n) is 5.95. The molecule has 0 spiro atoms. The van der Waals surface area contributed by atoms with Gasteiger partial charge in [0, 0.05) is 39.1 Å². The van der Waals surface area contributed by atoms with Gasteiger partial charge in [-0.3, -0.25) is 14.8 Å². The van der Waals surface area contributed by atoms with E-state index < -0.39 is 0 Å². The first-order valence-corrected chi connectivity index (χ1v) is 5.95. The zero-order valence-corrected chi connectivity index (χ0v) is 10.4. The molecule has 0 fully saturated rings. The highest BCUT2D eigenvalue weighted by Crippen LogP contribution is 1.95. The average molecular weight is 247 g/mol. The Morgan fingerprint density at radius 3 is 3.06 bits per heavy atom. The molecule has 0 aliphatic carbocycles. The zero-order valence-electron chi connectivity index (χ0n) is 10.4.